The number of aromatic nitrogens is 3. The summed E-state index contributed by atoms with van der Waals surface area (Å²) in [6.07, 6.45) is 1.61. The van der Waals surface area contributed by atoms with E-state index in [1.165, 1.54) is 24.3 Å². The van der Waals surface area contributed by atoms with Crippen LogP contribution in [-0.4, -0.2) is 35.4 Å². The number of ether oxygens (including phenoxy) is 1. The minimum absolute atomic E-state index is 0.0122. The molecule has 4 rings (SSSR count). The Morgan fingerprint density at radius 3 is 2.43 bits per heavy atom. The highest BCUT2D eigenvalue weighted by Crippen LogP contribution is 2.24. The van der Waals surface area contributed by atoms with E-state index in [2.05, 4.69) is 20.3 Å². The van der Waals surface area contributed by atoms with E-state index >= 15 is 0 Å². The van der Waals surface area contributed by atoms with Crippen molar-refractivity contribution in [3.05, 3.63) is 90.1 Å². The van der Waals surface area contributed by atoms with Gasteiger partial charge in [0.05, 0.1) is 17.4 Å². The molecule has 0 aliphatic rings. The van der Waals surface area contributed by atoms with E-state index in [4.69, 9.17) is 10.5 Å². The van der Waals surface area contributed by atoms with Crippen LogP contribution in [0.1, 0.15) is 29.8 Å². The zero-order chi connectivity index (χ0) is 26.4. The smallest absolute Gasteiger partial charge is 0.281 e. The molecule has 0 radical (unpaired) electrons. The van der Waals surface area contributed by atoms with Crippen molar-refractivity contribution >= 4 is 27.6 Å². The number of nitrogens with zero attached hydrogens (tertiary/aromatic N) is 3. The van der Waals surface area contributed by atoms with Gasteiger partial charge in [0.25, 0.3) is 15.9 Å². The summed E-state index contributed by atoms with van der Waals surface area (Å²) < 4.78 is 33.1. The maximum absolute atomic E-state index is 13.1. The second-order valence-corrected chi connectivity index (χ2v) is 9.95. The van der Waals surface area contributed by atoms with Crippen molar-refractivity contribution in [2.24, 2.45) is 0 Å². The highest BCUT2D eigenvalue weighted by molar-refractivity contribution is 7.90. The Bertz CT molecular complexity index is 1490. The molecule has 1 aromatic carbocycles. The monoisotopic (exact) mass is 518 g/mol. The van der Waals surface area contributed by atoms with Crippen molar-refractivity contribution in [1.29, 1.82) is 0 Å². The number of sulfonamides is 1. The molecule has 0 unspecified atom stereocenters. The molecule has 3 heterocycles. The summed E-state index contributed by atoms with van der Waals surface area (Å²) in [5.41, 5.74) is 7.83. The van der Waals surface area contributed by atoms with Crippen LogP contribution in [-0.2, 0) is 16.6 Å². The van der Waals surface area contributed by atoms with E-state index < -0.39 is 15.9 Å². The molecule has 1 amide bonds. The van der Waals surface area contributed by atoms with Gasteiger partial charge < -0.3 is 15.8 Å². The van der Waals surface area contributed by atoms with Crippen molar-refractivity contribution in [2.45, 2.75) is 31.5 Å². The van der Waals surface area contributed by atoms with Gasteiger partial charge in [-0.15, -0.1) is 0 Å². The van der Waals surface area contributed by atoms with E-state index in [0.717, 1.165) is 5.56 Å². The molecule has 0 atom stereocenters. The summed E-state index contributed by atoms with van der Waals surface area (Å²) in [6.45, 7) is 4.18. The molecule has 0 saturated carbocycles. The lowest BCUT2D eigenvalue weighted by Gasteiger charge is -2.14. The molecule has 0 bridgehead atoms. The van der Waals surface area contributed by atoms with Gasteiger partial charge in [-0.25, -0.2) is 19.7 Å². The molecule has 0 spiro atoms. The van der Waals surface area contributed by atoms with Gasteiger partial charge >= 0.3 is 0 Å². The zero-order valence-corrected chi connectivity index (χ0v) is 21.1. The van der Waals surface area contributed by atoms with E-state index in [9.17, 15) is 13.2 Å². The molecule has 0 aliphatic heterocycles. The first kappa shape index (κ1) is 25.6. The first-order valence-electron chi connectivity index (χ1n) is 11.4. The topological polar surface area (TPSA) is 149 Å². The number of hydrogen-bond donors (Lipinski definition) is 3. The van der Waals surface area contributed by atoms with Crippen LogP contribution in [0.5, 0.6) is 5.88 Å². The quantitative estimate of drug-likeness (QED) is 0.302. The number of amides is 1. The second-order valence-electron chi connectivity index (χ2n) is 8.32. The third kappa shape index (κ3) is 6.58. The van der Waals surface area contributed by atoms with Gasteiger partial charge in [-0.1, -0.05) is 36.4 Å². The highest BCUT2D eigenvalue weighted by atomic mass is 32.2. The molecule has 4 aromatic rings. The van der Waals surface area contributed by atoms with Crippen molar-refractivity contribution in [2.75, 3.05) is 11.1 Å². The van der Waals surface area contributed by atoms with Crippen LogP contribution in [0.4, 0.5) is 11.6 Å². The Morgan fingerprint density at radius 2 is 1.76 bits per heavy atom. The lowest BCUT2D eigenvalue weighted by Crippen LogP contribution is -2.32. The van der Waals surface area contributed by atoms with Crippen LogP contribution in [0.2, 0.25) is 0 Å². The molecule has 190 valence electrons. The van der Waals surface area contributed by atoms with Gasteiger partial charge in [0.2, 0.25) is 5.88 Å². The lowest BCUT2D eigenvalue weighted by molar-refractivity contribution is 0.0981. The minimum Gasteiger partial charge on any atom is -0.475 e. The Labute approximate surface area is 215 Å². The van der Waals surface area contributed by atoms with Crippen LogP contribution in [0, 0.1) is 0 Å². The average molecular weight is 519 g/mol. The molecule has 37 heavy (non-hydrogen) atoms. The largest absolute Gasteiger partial charge is 0.475 e. The summed E-state index contributed by atoms with van der Waals surface area (Å²) in [6, 6.07) is 20.3. The minimum atomic E-state index is -4.26. The number of hydrogen-bond acceptors (Lipinski definition) is 9. The van der Waals surface area contributed by atoms with Gasteiger partial charge in [-0.2, -0.15) is 8.42 Å². The number of carbonyl (C=O) groups is 1. The fourth-order valence-corrected chi connectivity index (χ4v) is 4.31. The number of carbonyl (C=O) groups excluding carboxylic acids is 1. The van der Waals surface area contributed by atoms with Crippen LogP contribution in [0.25, 0.3) is 11.3 Å². The molecule has 3 aromatic heterocycles. The fraction of sp³-hybridized carbons (Fsp3) is 0.154. The highest BCUT2D eigenvalue weighted by Gasteiger charge is 2.23. The van der Waals surface area contributed by atoms with E-state index in [0.29, 0.717) is 23.7 Å². The fourth-order valence-electron chi connectivity index (χ4n) is 3.37. The van der Waals surface area contributed by atoms with Gasteiger partial charge in [-0.05, 0) is 49.7 Å². The predicted molar refractivity (Wildman–Crippen MR) is 140 cm³/mol. The Hall–Kier alpha value is -4.51. The van der Waals surface area contributed by atoms with E-state index in [1.807, 2.05) is 55.0 Å². The van der Waals surface area contributed by atoms with Crippen LogP contribution in [0.15, 0.2) is 84.0 Å². The number of nitrogen functional groups attached to an aromatic ring is 1. The molecular formula is C26H26N6O4S. The molecule has 0 aliphatic carbocycles. The maximum atomic E-state index is 13.1. The first-order valence-corrected chi connectivity index (χ1v) is 12.9. The van der Waals surface area contributed by atoms with Crippen LogP contribution in [0.3, 0.4) is 0 Å². The van der Waals surface area contributed by atoms with Gasteiger partial charge in [0.15, 0.2) is 5.03 Å². The summed E-state index contributed by atoms with van der Waals surface area (Å²) in [4.78, 5) is 25.8. The van der Waals surface area contributed by atoms with Crippen molar-refractivity contribution in [1.82, 2.24) is 19.7 Å². The van der Waals surface area contributed by atoms with E-state index in [-0.39, 0.29) is 28.3 Å². The normalized spacial score (nSPS) is 11.2. The van der Waals surface area contributed by atoms with Crippen LogP contribution < -0.4 is 20.5 Å². The summed E-state index contributed by atoms with van der Waals surface area (Å²) in [7, 11) is -4.26. The Morgan fingerprint density at radius 1 is 0.973 bits per heavy atom. The van der Waals surface area contributed by atoms with E-state index in [1.54, 1.807) is 18.3 Å². The number of benzene rings is 1. The molecule has 0 saturated heterocycles. The molecule has 4 N–H and O–H groups in total. The van der Waals surface area contributed by atoms with Gasteiger partial charge in [0, 0.05) is 24.4 Å². The molecular weight excluding hydrogens is 492 g/mol. The van der Waals surface area contributed by atoms with Crippen molar-refractivity contribution in [3.63, 3.8) is 0 Å². The predicted octanol–water partition coefficient (Wildman–Crippen LogP) is 3.64. The third-order valence-electron chi connectivity index (χ3n) is 5.08. The number of pyridine rings is 3. The SMILES string of the molecule is CC(C)Oc1ccc(-c2ccc(C(=O)NS(=O)(=O)c3cccc(N)n3)c(NCc3ccccc3)n2)cn1. The Kier molecular flexibility index (Phi) is 7.63. The summed E-state index contributed by atoms with van der Waals surface area (Å²) in [5, 5.41) is 2.78. The standard InChI is InChI=1S/C26H26N6O4S/c1-17(2)36-23-14-11-19(16-28-23)21-13-12-20(25(30-21)29-15-18-7-4-3-5-8-18)26(33)32-37(34,35)24-10-6-9-22(27)31-24/h3-14,16-17H,15H2,1-2H3,(H2,27,31)(H,29,30)(H,32,33). The van der Waals surface area contributed by atoms with Gasteiger partial charge in [0.1, 0.15) is 11.6 Å². The molecule has 0 fully saturated rings. The summed E-state index contributed by atoms with van der Waals surface area (Å²) in [5.74, 6) is -0.155. The second kappa shape index (κ2) is 11.0. The number of nitrogens with two attached hydrogens (primary N) is 1. The molecule has 10 nitrogen and oxygen atoms in total. The van der Waals surface area contributed by atoms with Gasteiger partial charge in [-0.3, -0.25) is 4.79 Å². The Balaban J connectivity index is 1.64. The average Bonchev–Trinajstić information content (AvgIpc) is 2.88. The lowest BCUT2D eigenvalue weighted by atomic mass is 10.1. The third-order valence-corrected chi connectivity index (χ3v) is 6.31. The summed E-state index contributed by atoms with van der Waals surface area (Å²) >= 11 is 0. The number of nitrogens with one attached hydrogen (secondary N) is 2. The number of anilines is 2. The zero-order valence-electron chi connectivity index (χ0n) is 20.3. The van der Waals surface area contributed by atoms with Crippen molar-refractivity contribution < 1.29 is 17.9 Å². The first-order chi connectivity index (χ1) is 17.7. The maximum Gasteiger partial charge on any atom is 0.281 e. The number of rotatable bonds is 9. The van der Waals surface area contributed by atoms with Crippen molar-refractivity contribution in [3.8, 4) is 17.1 Å². The van der Waals surface area contributed by atoms with Crippen LogP contribution >= 0.6 is 0 Å². The molecule has 11 heteroatoms.